The largest absolute Gasteiger partial charge is 0.496 e. The Bertz CT molecular complexity index is 1040. The van der Waals surface area contributed by atoms with Gasteiger partial charge in [-0.05, 0) is 44.7 Å². The number of carbonyl (C=O) groups excluding carboxylic acids is 1. The van der Waals surface area contributed by atoms with E-state index in [1.165, 1.54) is 4.57 Å². The molecule has 1 aromatic carbocycles. The molecule has 32 heavy (non-hydrogen) atoms. The minimum atomic E-state index is -0.877. The van der Waals surface area contributed by atoms with Gasteiger partial charge in [-0.25, -0.2) is 9.36 Å². The fourth-order valence-electron chi connectivity index (χ4n) is 3.99. The number of aryl methyl sites for hydroxylation is 2. The van der Waals surface area contributed by atoms with Gasteiger partial charge in [-0.3, -0.25) is 14.2 Å². The first-order valence-corrected chi connectivity index (χ1v) is 11.1. The number of hydrogen-bond donors (Lipinski definition) is 1. The maximum atomic E-state index is 13.3. The lowest BCUT2D eigenvalue weighted by Gasteiger charge is -2.23. The molecule has 1 atom stereocenters. The predicted octanol–water partition coefficient (Wildman–Crippen LogP) is 1.49. The van der Waals surface area contributed by atoms with Gasteiger partial charge in [0.1, 0.15) is 11.8 Å². The summed E-state index contributed by atoms with van der Waals surface area (Å²) in [7, 11) is 1.61. The van der Waals surface area contributed by atoms with E-state index in [0.717, 1.165) is 28.7 Å². The Morgan fingerprint density at radius 3 is 2.56 bits per heavy atom. The number of hydroxylamine groups is 1. The lowest BCUT2D eigenvalue weighted by Crippen LogP contribution is -2.48. The summed E-state index contributed by atoms with van der Waals surface area (Å²) in [5, 5.41) is 0. The van der Waals surface area contributed by atoms with Gasteiger partial charge < -0.3 is 14.5 Å². The number of hydrogen-bond acceptors (Lipinski definition) is 6. The van der Waals surface area contributed by atoms with Crippen molar-refractivity contribution in [2.75, 3.05) is 26.8 Å². The first-order chi connectivity index (χ1) is 15.5. The van der Waals surface area contributed by atoms with Gasteiger partial charge in [-0.15, -0.1) is 0 Å². The summed E-state index contributed by atoms with van der Waals surface area (Å²) in [6, 6.07) is 6.73. The molecule has 0 spiro atoms. The number of aromatic nitrogens is 2. The number of carbonyl (C=O) groups is 1. The summed E-state index contributed by atoms with van der Waals surface area (Å²) < 4.78 is 7.97. The summed E-state index contributed by atoms with van der Waals surface area (Å²) in [6.45, 7) is 5.67. The summed E-state index contributed by atoms with van der Waals surface area (Å²) in [4.78, 5) is 46.3. The van der Waals surface area contributed by atoms with Crippen LogP contribution in [0, 0.1) is 0 Å². The highest BCUT2D eigenvalue weighted by Crippen LogP contribution is 2.18. The van der Waals surface area contributed by atoms with Crippen molar-refractivity contribution in [3.63, 3.8) is 0 Å². The van der Waals surface area contributed by atoms with E-state index in [4.69, 9.17) is 9.57 Å². The minimum Gasteiger partial charge on any atom is -0.496 e. The molecule has 0 aliphatic carbocycles. The Kier molecular flexibility index (Phi) is 8.24. The monoisotopic (exact) mass is 444 g/mol. The lowest BCUT2D eigenvalue weighted by atomic mass is 10.1. The van der Waals surface area contributed by atoms with Crippen LogP contribution in [0.1, 0.15) is 43.9 Å². The molecule has 1 aliphatic heterocycles. The third-order valence-electron chi connectivity index (χ3n) is 5.74. The second-order valence-corrected chi connectivity index (χ2v) is 7.83. The molecule has 1 aromatic heterocycles. The van der Waals surface area contributed by atoms with Crippen molar-refractivity contribution in [3.05, 3.63) is 62.4 Å². The van der Waals surface area contributed by atoms with E-state index in [2.05, 4.69) is 5.48 Å². The third-order valence-corrected chi connectivity index (χ3v) is 5.74. The molecule has 9 nitrogen and oxygen atoms in total. The Hall–Kier alpha value is -2.91. The Morgan fingerprint density at radius 1 is 1.16 bits per heavy atom. The maximum Gasteiger partial charge on any atom is 0.331 e. The predicted molar refractivity (Wildman–Crippen MR) is 121 cm³/mol. The number of nitrogens with zero attached hydrogens (tertiary/aromatic N) is 3. The van der Waals surface area contributed by atoms with E-state index in [-0.39, 0.29) is 12.5 Å². The highest BCUT2D eigenvalue weighted by molar-refractivity contribution is 5.80. The van der Waals surface area contributed by atoms with Gasteiger partial charge in [0.25, 0.3) is 5.56 Å². The van der Waals surface area contributed by atoms with Crippen molar-refractivity contribution in [2.24, 2.45) is 0 Å². The molecule has 1 saturated heterocycles. The fraction of sp³-hybridized carbons (Fsp3) is 0.522. The van der Waals surface area contributed by atoms with Crippen LogP contribution in [-0.4, -0.2) is 46.7 Å². The number of amides is 1. The zero-order valence-electron chi connectivity index (χ0n) is 19.0. The number of likely N-dealkylation sites (tertiary alicyclic amines) is 1. The smallest absolute Gasteiger partial charge is 0.331 e. The van der Waals surface area contributed by atoms with Crippen LogP contribution in [0.4, 0.5) is 0 Å². The first-order valence-electron chi connectivity index (χ1n) is 11.1. The Morgan fingerprint density at radius 2 is 1.88 bits per heavy atom. The number of rotatable bonds is 10. The number of methoxy groups -OCH3 is 1. The Balaban J connectivity index is 1.95. The normalized spacial score (nSPS) is 14.5. The molecule has 3 rings (SSSR count). The molecule has 1 fully saturated rings. The SMILES string of the molecule is CCONCc1cn(CCc2ccccc2OC)c(=O)n(C(C)C(=O)N2CCCC2)c1=O. The maximum absolute atomic E-state index is 13.3. The molecule has 2 heterocycles. The lowest BCUT2D eigenvalue weighted by molar-refractivity contribution is -0.133. The number of nitrogens with one attached hydrogen (secondary N) is 1. The van der Waals surface area contributed by atoms with Crippen LogP contribution < -0.4 is 21.5 Å². The van der Waals surface area contributed by atoms with Crippen LogP contribution in [0.3, 0.4) is 0 Å². The second-order valence-electron chi connectivity index (χ2n) is 7.83. The van der Waals surface area contributed by atoms with Crippen LogP contribution in [0.2, 0.25) is 0 Å². The molecule has 174 valence electrons. The standard InChI is InChI=1S/C23H32N4O5/c1-4-32-24-15-19-16-26(14-11-18-9-5-6-10-20(18)31-3)23(30)27(22(19)29)17(2)21(28)25-12-7-8-13-25/h5-6,9-10,16-17,24H,4,7-8,11-15H2,1-3H3. The van der Waals surface area contributed by atoms with Gasteiger partial charge >= 0.3 is 5.69 Å². The summed E-state index contributed by atoms with van der Waals surface area (Å²) >= 11 is 0. The van der Waals surface area contributed by atoms with E-state index in [1.54, 1.807) is 25.1 Å². The Labute approximate surface area is 187 Å². The van der Waals surface area contributed by atoms with Gasteiger partial charge in [-0.2, -0.15) is 5.48 Å². The zero-order valence-corrected chi connectivity index (χ0v) is 19.0. The van der Waals surface area contributed by atoms with Crippen LogP contribution in [0.5, 0.6) is 5.75 Å². The van der Waals surface area contributed by atoms with Crippen LogP contribution in [-0.2, 0) is 29.1 Å². The molecule has 0 radical (unpaired) electrons. The fourth-order valence-corrected chi connectivity index (χ4v) is 3.99. The number of ether oxygens (including phenoxy) is 1. The molecule has 0 bridgehead atoms. The molecule has 0 saturated carbocycles. The van der Waals surface area contributed by atoms with E-state index in [1.807, 2.05) is 31.2 Å². The average Bonchev–Trinajstić information content (AvgIpc) is 3.34. The van der Waals surface area contributed by atoms with Gasteiger partial charge in [0, 0.05) is 25.8 Å². The van der Waals surface area contributed by atoms with Crippen molar-refractivity contribution in [1.82, 2.24) is 19.5 Å². The van der Waals surface area contributed by atoms with Crippen LogP contribution in [0.15, 0.2) is 40.1 Å². The average molecular weight is 445 g/mol. The van der Waals surface area contributed by atoms with Gasteiger partial charge in [0.15, 0.2) is 0 Å². The first kappa shape index (κ1) is 23.7. The van der Waals surface area contributed by atoms with E-state index in [9.17, 15) is 14.4 Å². The highest BCUT2D eigenvalue weighted by atomic mass is 16.6. The quantitative estimate of drug-likeness (QED) is 0.441. The zero-order chi connectivity index (χ0) is 23.1. The van der Waals surface area contributed by atoms with Crippen molar-refractivity contribution < 1.29 is 14.4 Å². The van der Waals surface area contributed by atoms with Crippen LogP contribution >= 0.6 is 0 Å². The van der Waals surface area contributed by atoms with Crippen molar-refractivity contribution in [1.29, 1.82) is 0 Å². The van der Waals surface area contributed by atoms with Crippen molar-refractivity contribution >= 4 is 5.91 Å². The molecule has 1 amide bonds. The molecule has 1 unspecified atom stereocenters. The van der Waals surface area contributed by atoms with Crippen molar-refractivity contribution in [2.45, 2.75) is 52.2 Å². The minimum absolute atomic E-state index is 0.131. The number of para-hydroxylation sites is 1. The van der Waals surface area contributed by atoms with E-state index in [0.29, 0.717) is 38.2 Å². The van der Waals surface area contributed by atoms with Crippen molar-refractivity contribution in [3.8, 4) is 5.75 Å². The van der Waals surface area contributed by atoms with Gasteiger partial charge in [-0.1, -0.05) is 18.2 Å². The third kappa shape index (κ3) is 5.28. The molecule has 1 aliphatic rings. The number of benzene rings is 1. The van der Waals surface area contributed by atoms with E-state index >= 15 is 0 Å². The molecule has 9 heteroatoms. The van der Waals surface area contributed by atoms with Gasteiger partial charge in [0.05, 0.1) is 25.8 Å². The second kappa shape index (κ2) is 11.1. The molecule has 1 N–H and O–H groups in total. The van der Waals surface area contributed by atoms with E-state index < -0.39 is 17.3 Å². The topological polar surface area (TPSA) is 94.8 Å². The summed E-state index contributed by atoms with van der Waals surface area (Å²) in [5.74, 6) is 0.539. The summed E-state index contributed by atoms with van der Waals surface area (Å²) in [6.07, 6.45) is 3.97. The van der Waals surface area contributed by atoms with Crippen LogP contribution in [0.25, 0.3) is 0 Å². The molecule has 2 aromatic rings. The molecular formula is C23H32N4O5. The highest BCUT2D eigenvalue weighted by Gasteiger charge is 2.27. The molecular weight excluding hydrogens is 412 g/mol. The summed E-state index contributed by atoms with van der Waals surface area (Å²) in [5.41, 5.74) is 3.08. The van der Waals surface area contributed by atoms with Gasteiger partial charge in [0.2, 0.25) is 5.91 Å².